The van der Waals surface area contributed by atoms with Crippen molar-refractivity contribution in [2.45, 2.75) is 13.3 Å². The third-order valence-corrected chi connectivity index (χ3v) is 3.89. The summed E-state index contributed by atoms with van der Waals surface area (Å²) in [6, 6.07) is 0. The topological polar surface area (TPSA) is 212 Å². The molecule has 0 aromatic rings. The van der Waals surface area contributed by atoms with Gasteiger partial charge in [0.15, 0.2) is 0 Å². The van der Waals surface area contributed by atoms with Gasteiger partial charge in [0, 0.05) is 23.6 Å². The van der Waals surface area contributed by atoms with Gasteiger partial charge >= 0.3 is 17.9 Å². The molecule has 0 radical (unpaired) electrons. The molecule has 0 saturated heterocycles. The van der Waals surface area contributed by atoms with Gasteiger partial charge in [-0.25, -0.2) is 14.4 Å². The number of carbonyl (C=O) groups excluding carboxylic acids is 3. The van der Waals surface area contributed by atoms with Crippen molar-refractivity contribution in [1.29, 1.82) is 0 Å². The van der Waals surface area contributed by atoms with Gasteiger partial charge in [-0.15, -0.1) is 0 Å². The predicted octanol–water partition coefficient (Wildman–Crippen LogP) is 2.11. The highest BCUT2D eigenvalue weighted by Gasteiger charge is 2.30. The van der Waals surface area contributed by atoms with E-state index in [0.717, 1.165) is 18.2 Å². The molecule has 12 nitrogen and oxygen atoms in total. The van der Waals surface area contributed by atoms with Crippen LogP contribution in [0.2, 0.25) is 0 Å². The Balaban J connectivity index is -0.00000140. The first kappa shape index (κ1) is 37.7. The molecule has 0 unspecified atom stereocenters. The predicted molar refractivity (Wildman–Crippen MR) is 124 cm³/mol. The molecule has 0 bridgehead atoms. The Morgan fingerprint density at radius 1 is 0.606 bits per heavy atom. The molecule has 0 spiro atoms. The van der Waals surface area contributed by atoms with Gasteiger partial charge in [-0.2, -0.15) is 0 Å². The number of hydrogen-bond acceptors (Lipinski definition) is 12. The van der Waals surface area contributed by atoms with Gasteiger partial charge in [0.2, 0.25) is 0 Å². The molecule has 0 aliphatic carbocycles. The largest absolute Gasteiger partial charge is 0.460 e. The zero-order valence-corrected chi connectivity index (χ0v) is 19.7. The summed E-state index contributed by atoms with van der Waals surface area (Å²) in [4.78, 5) is 33.2. The van der Waals surface area contributed by atoms with Gasteiger partial charge in [0.05, 0.1) is 39.6 Å². The maximum Gasteiger partial charge on any atom is 0.330 e. The second kappa shape index (κ2) is 24.0. The summed E-state index contributed by atoms with van der Waals surface area (Å²) >= 11 is 0. The first-order valence-electron chi connectivity index (χ1n) is 9.53. The SMILES string of the molecule is C=CC(=O)OCCOCC(CC)(COCCOC(=O)C=C)COCCOC(=O)C=C.N.N.N. The first-order valence-corrected chi connectivity index (χ1v) is 9.53. The Morgan fingerprint density at radius 3 is 1.09 bits per heavy atom. The van der Waals surface area contributed by atoms with Gasteiger partial charge in [-0.1, -0.05) is 26.7 Å². The summed E-state index contributed by atoms with van der Waals surface area (Å²) in [5.74, 6) is -1.56. The van der Waals surface area contributed by atoms with Gasteiger partial charge < -0.3 is 46.9 Å². The molecule has 0 fully saturated rings. The fourth-order valence-electron chi connectivity index (χ4n) is 2.08. The summed E-state index contributed by atoms with van der Waals surface area (Å²) in [7, 11) is 0. The third kappa shape index (κ3) is 19.8. The number of esters is 3. The monoisotopic (exact) mass is 479 g/mol. The molecule has 0 aromatic heterocycles. The lowest BCUT2D eigenvalue weighted by atomic mass is 9.88. The van der Waals surface area contributed by atoms with Crippen LogP contribution in [0.25, 0.3) is 0 Å². The first-order chi connectivity index (χ1) is 14.4. The zero-order valence-electron chi connectivity index (χ0n) is 19.7. The molecule has 9 N–H and O–H groups in total. The highest BCUT2D eigenvalue weighted by molar-refractivity contribution is 5.81. The number of rotatable bonds is 19. The molecule has 0 aliphatic heterocycles. The number of ether oxygens (including phenoxy) is 6. The van der Waals surface area contributed by atoms with Gasteiger partial charge in [0.25, 0.3) is 0 Å². The van der Waals surface area contributed by atoms with Crippen LogP contribution in [0, 0.1) is 5.41 Å². The summed E-state index contributed by atoms with van der Waals surface area (Å²) in [6.45, 7) is 13.7. The Morgan fingerprint density at radius 2 is 0.879 bits per heavy atom. The molecule has 0 aliphatic rings. The van der Waals surface area contributed by atoms with Crippen LogP contribution in [-0.4, -0.2) is 77.4 Å². The minimum absolute atomic E-state index is 0. The van der Waals surface area contributed by atoms with Crippen LogP contribution >= 0.6 is 0 Å². The molecular weight excluding hydrogens is 438 g/mol. The van der Waals surface area contributed by atoms with Crippen molar-refractivity contribution in [3.8, 4) is 0 Å². The number of hydrogen-bond donors (Lipinski definition) is 3. The summed E-state index contributed by atoms with van der Waals surface area (Å²) < 4.78 is 31.5. The van der Waals surface area contributed by atoms with Crippen molar-refractivity contribution in [2.24, 2.45) is 5.41 Å². The molecule has 0 rings (SSSR count). The lowest BCUT2D eigenvalue weighted by Gasteiger charge is -2.32. The van der Waals surface area contributed by atoms with E-state index < -0.39 is 23.3 Å². The lowest BCUT2D eigenvalue weighted by Crippen LogP contribution is -2.38. The minimum Gasteiger partial charge on any atom is -0.460 e. The molecule has 0 aromatic carbocycles. The van der Waals surface area contributed by atoms with Crippen LogP contribution in [0.4, 0.5) is 0 Å². The Hall–Kier alpha value is -2.61. The summed E-state index contributed by atoms with van der Waals surface area (Å²) in [5, 5.41) is 0. The smallest absolute Gasteiger partial charge is 0.330 e. The highest BCUT2D eigenvalue weighted by atomic mass is 16.6. The molecule has 194 valence electrons. The minimum atomic E-state index is -0.518. The lowest BCUT2D eigenvalue weighted by molar-refractivity contribution is -0.141. The average molecular weight is 480 g/mol. The maximum absolute atomic E-state index is 11.1. The van der Waals surface area contributed by atoms with Crippen molar-refractivity contribution in [3.63, 3.8) is 0 Å². The maximum atomic E-state index is 11.1. The van der Waals surface area contributed by atoms with E-state index in [2.05, 4.69) is 19.7 Å². The van der Waals surface area contributed by atoms with E-state index in [9.17, 15) is 14.4 Å². The average Bonchev–Trinajstić information content (AvgIpc) is 2.76. The van der Waals surface area contributed by atoms with Crippen LogP contribution < -0.4 is 18.5 Å². The third-order valence-electron chi connectivity index (χ3n) is 3.89. The van der Waals surface area contributed by atoms with E-state index in [1.807, 2.05) is 6.92 Å². The van der Waals surface area contributed by atoms with Crippen LogP contribution in [0.5, 0.6) is 0 Å². The Labute approximate surface area is 196 Å². The van der Waals surface area contributed by atoms with Crippen molar-refractivity contribution in [3.05, 3.63) is 38.0 Å². The number of carbonyl (C=O) groups is 3. The van der Waals surface area contributed by atoms with Crippen LogP contribution in [0.1, 0.15) is 13.3 Å². The Kier molecular flexibility index (Phi) is 27.5. The van der Waals surface area contributed by atoms with Crippen LogP contribution in [-0.2, 0) is 42.8 Å². The summed E-state index contributed by atoms with van der Waals surface area (Å²) in [5.41, 5.74) is -0.493. The van der Waals surface area contributed by atoms with Crippen molar-refractivity contribution < 1.29 is 42.8 Å². The van der Waals surface area contributed by atoms with Crippen molar-refractivity contribution >= 4 is 17.9 Å². The molecule has 0 heterocycles. The molecule has 0 amide bonds. The summed E-state index contributed by atoms with van der Waals surface area (Å²) in [6.07, 6.45) is 3.90. The molecular formula is C21H41N3O9. The molecule has 0 saturated carbocycles. The van der Waals surface area contributed by atoms with E-state index in [-0.39, 0.29) is 77.9 Å². The second-order valence-corrected chi connectivity index (χ2v) is 6.13. The van der Waals surface area contributed by atoms with E-state index in [1.165, 1.54) is 0 Å². The normalized spacial score (nSPS) is 9.73. The fourth-order valence-corrected chi connectivity index (χ4v) is 2.08. The van der Waals surface area contributed by atoms with E-state index in [0.29, 0.717) is 6.42 Å². The quantitative estimate of drug-likeness (QED) is 0.105. The zero-order chi connectivity index (χ0) is 22.7. The highest BCUT2D eigenvalue weighted by Crippen LogP contribution is 2.24. The second-order valence-electron chi connectivity index (χ2n) is 6.13. The Bertz CT molecular complexity index is 497. The van der Waals surface area contributed by atoms with Crippen LogP contribution in [0.15, 0.2) is 38.0 Å². The van der Waals surface area contributed by atoms with Crippen molar-refractivity contribution in [2.75, 3.05) is 59.5 Å². The van der Waals surface area contributed by atoms with Gasteiger partial charge in [-0.3, -0.25) is 0 Å². The van der Waals surface area contributed by atoms with Gasteiger partial charge in [-0.05, 0) is 6.42 Å². The van der Waals surface area contributed by atoms with E-state index in [1.54, 1.807) is 0 Å². The van der Waals surface area contributed by atoms with Gasteiger partial charge in [0.1, 0.15) is 19.8 Å². The molecule has 33 heavy (non-hydrogen) atoms. The standard InChI is InChI=1S/C21H32O9.3H3N/c1-5-18(22)28-12-9-25-15-21(8-4,16-26-10-13-29-19(23)6-2)17-27-11-14-30-20(24)7-3;;;/h5-7H,1-3,8-17H2,4H3;3*1H3. The molecule has 12 heteroatoms. The van der Waals surface area contributed by atoms with E-state index in [4.69, 9.17) is 28.4 Å². The molecule has 0 atom stereocenters. The van der Waals surface area contributed by atoms with Crippen molar-refractivity contribution in [1.82, 2.24) is 18.5 Å². The van der Waals surface area contributed by atoms with Crippen LogP contribution in [0.3, 0.4) is 0 Å². The van der Waals surface area contributed by atoms with E-state index >= 15 is 0 Å². The fraction of sp³-hybridized carbons (Fsp3) is 0.571.